The number of likely N-dealkylation sites (tertiary alicyclic amines) is 1. The van der Waals surface area contributed by atoms with Crippen molar-refractivity contribution in [3.8, 4) is 11.1 Å². The molecule has 0 bridgehead atoms. The van der Waals surface area contributed by atoms with Crippen molar-refractivity contribution in [3.05, 3.63) is 59.9 Å². The molecule has 3 rings (SSSR count). The van der Waals surface area contributed by atoms with E-state index in [4.69, 9.17) is 0 Å². The standard InChI is InChI=1S/C23H29FN2O/c1-3-17(2)25-23(27)18-12-14-26(15-13-18)16-19-8-4-5-9-20(19)21-10-6-7-11-22(21)24/h4-11,17-18H,3,12-16H2,1-2H3,(H,25,27). The van der Waals surface area contributed by atoms with Gasteiger partial charge >= 0.3 is 0 Å². The number of piperidine rings is 1. The molecule has 2 aromatic rings. The van der Waals surface area contributed by atoms with E-state index in [1.54, 1.807) is 6.07 Å². The molecule has 4 heteroatoms. The lowest BCUT2D eigenvalue weighted by molar-refractivity contribution is -0.127. The minimum Gasteiger partial charge on any atom is -0.353 e. The molecule has 0 spiro atoms. The zero-order chi connectivity index (χ0) is 19.2. The van der Waals surface area contributed by atoms with Gasteiger partial charge in [-0.3, -0.25) is 9.69 Å². The van der Waals surface area contributed by atoms with Crippen LogP contribution in [0.1, 0.15) is 38.7 Å². The Morgan fingerprint density at radius 3 is 2.41 bits per heavy atom. The van der Waals surface area contributed by atoms with Crippen molar-refractivity contribution in [3.63, 3.8) is 0 Å². The lowest BCUT2D eigenvalue weighted by Gasteiger charge is -2.32. The van der Waals surface area contributed by atoms with Gasteiger partial charge in [-0.15, -0.1) is 0 Å². The molecule has 1 aliphatic rings. The summed E-state index contributed by atoms with van der Waals surface area (Å²) in [5.41, 5.74) is 2.73. The summed E-state index contributed by atoms with van der Waals surface area (Å²) in [6.45, 7) is 6.70. The molecular weight excluding hydrogens is 339 g/mol. The Kier molecular flexibility index (Phi) is 6.62. The summed E-state index contributed by atoms with van der Waals surface area (Å²) >= 11 is 0. The number of carbonyl (C=O) groups is 1. The van der Waals surface area contributed by atoms with Crippen LogP contribution in [-0.2, 0) is 11.3 Å². The van der Waals surface area contributed by atoms with Crippen LogP contribution in [0, 0.1) is 11.7 Å². The highest BCUT2D eigenvalue weighted by Crippen LogP contribution is 2.28. The van der Waals surface area contributed by atoms with E-state index in [0.717, 1.165) is 50.0 Å². The van der Waals surface area contributed by atoms with Crippen molar-refractivity contribution in [2.75, 3.05) is 13.1 Å². The summed E-state index contributed by atoms with van der Waals surface area (Å²) in [5, 5.41) is 3.10. The normalized spacial score (nSPS) is 16.9. The number of hydrogen-bond acceptors (Lipinski definition) is 2. The molecule has 1 aliphatic heterocycles. The largest absolute Gasteiger partial charge is 0.353 e. The Hall–Kier alpha value is -2.20. The van der Waals surface area contributed by atoms with E-state index >= 15 is 0 Å². The molecule has 1 saturated heterocycles. The molecule has 1 fully saturated rings. The van der Waals surface area contributed by atoms with E-state index in [2.05, 4.69) is 23.2 Å². The Bertz CT molecular complexity index is 768. The van der Waals surface area contributed by atoms with Crippen LogP contribution in [0.5, 0.6) is 0 Å². The molecule has 2 aromatic carbocycles. The Labute approximate surface area is 161 Å². The topological polar surface area (TPSA) is 32.3 Å². The van der Waals surface area contributed by atoms with Crippen molar-refractivity contribution in [1.82, 2.24) is 10.2 Å². The maximum atomic E-state index is 14.2. The van der Waals surface area contributed by atoms with Crippen LogP contribution in [0.15, 0.2) is 48.5 Å². The molecule has 27 heavy (non-hydrogen) atoms. The lowest BCUT2D eigenvalue weighted by Crippen LogP contribution is -2.42. The number of halogens is 1. The quantitative estimate of drug-likeness (QED) is 0.807. The summed E-state index contributed by atoms with van der Waals surface area (Å²) < 4.78 is 14.2. The van der Waals surface area contributed by atoms with Gasteiger partial charge in [-0.1, -0.05) is 49.4 Å². The van der Waals surface area contributed by atoms with E-state index in [0.29, 0.717) is 5.56 Å². The van der Waals surface area contributed by atoms with Gasteiger partial charge in [0.05, 0.1) is 0 Å². The predicted octanol–water partition coefficient (Wildman–Crippen LogP) is 4.62. The first kappa shape index (κ1) is 19.6. The molecule has 144 valence electrons. The third-order valence-electron chi connectivity index (χ3n) is 5.53. The van der Waals surface area contributed by atoms with Crippen molar-refractivity contribution in [2.24, 2.45) is 5.92 Å². The fraction of sp³-hybridized carbons (Fsp3) is 0.435. The zero-order valence-electron chi connectivity index (χ0n) is 16.2. The van der Waals surface area contributed by atoms with Gasteiger partial charge in [0.2, 0.25) is 5.91 Å². The minimum absolute atomic E-state index is 0.108. The van der Waals surface area contributed by atoms with Crippen LogP contribution in [-0.4, -0.2) is 29.9 Å². The lowest BCUT2D eigenvalue weighted by atomic mass is 9.94. The third-order valence-corrected chi connectivity index (χ3v) is 5.53. The summed E-state index contributed by atoms with van der Waals surface area (Å²) in [6, 6.07) is 15.2. The van der Waals surface area contributed by atoms with Gasteiger partial charge in [-0.2, -0.15) is 0 Å². The van der Waals surface area contributed by atoms with Crippen LogP contribution in [0.25, 0.3) is 11.1 Å². The second-order valence-electron chi connectivity index (χ2n) is 7.51. The number of nitrogens with one attached hydrogen (secondary N) is 1. The molecular formula is C23H29FN2O. The van der Waals surface area contributed by atoms with Crippen LogP contribution >= 0.6 is 0 Å². The number of amides is 1. The summed E-state index contributed by atoms with van der Waals surface area (Å²) in [7, 11) is 0. The molecule has 0 radical (unpaired) electrons. The van der Waals surface area contributed by atoms with Gasteiger partial charge in [0.25, 0.3) is 0 Å². The van der Waals surface area contributed by atoms with Crippen molar-refractivity contribution < 1.29 is 9.18 Å². The van der Waals surface area contributed by atoms with E-state index < -0.39 is 0 Å². The maximum absolute atomic E-state index is 14.2. The molecule has 0 saturated carbocycles. The van der Waals surface area contributed by atoms with Crippen LogP contribution in [0.3, 0.4) is 0 Å². The highest BCUT2D eigenvalue weighted by Gasteiger charge is 2.26. The number of benzene rings is 2. The number of carbonyl (C=O) groups excluding carboxylic acids is 1. The van der Waals surface area contributed by atoms with Gasteiger partial charge in [-0.25, -0.2) is 4.39 Å². The highest BCUT2D eigenvalue weighted by molar-refractivity contribution is 5.79. The Morgan fingerprint density at radius 2 is 1.74 bits per heavy atom. The molecule has 1 N–H and O–H groups in total. The summed E-state index contributed by atoms with van der Waals surface area (Å²) in [5.74, 6) is 0.109. The first-order valence-corrected chi connectivity index (χ1v) is 9.94. The second-order valence-corrected chi connectivity index (χ2v) is 7.51. The van der Waals surface area contributed by atoms with E-state index in [1.807, 2.05) is 37.3 Å². The van der Waals surface area contributed by atoms with Gasteiger partial charge in [0.1, 0.15) is 5.82 Å². The molecule has 1 amide bonds. The molecule has 1 heterocycles. The van der Waals surface area contributed by atoms with Gasteiger partial charge < -0.3 is 5.32 Å². The van der Waals surface area contributed by atoms with Crippen LogP contribution < -0.4 is 5.32 Å². The van der Waals surface area contributed by atoms with Crippen molar-refractivity contribution in [1.29, 1.82) is 0 Å². The molecule has 1 atom stereocenters. The summed E-state index contributed by atoms with van der Waals surface area (Å²) in [6.07, 6.45) is 2.71. The fourth-order valence-corrected chi connectivity index (χ4v) is 3.66. The Morgan fingerprint density at radius 1 is 1.11 bits per heavy atom. The van der Waals surface area contributed by atoms with Gasteiger partial charge in [0.15, 0.2) is 0 Å². The number of rotatable bonds is 6. The molecule has 3 nitrogen and oxygen atoms in total. The second kappa shape index (κ2) is 9.14. The minimum atomic E-state index is -0.189. The molecule has 0 aliphatic carbocycles. The first-order chi connectivity index (χ1) is 13.1. The van der Waals surface area contributed by atoms with Gasteiger partial charge in [0, 0.05) is 24.1 Å². The zero-order valence-corrected chi connectivity index (χ0v) is 16.2. The predicted molar refractivity (Wildman–Crippen MR) is 108 cm³/mol. The monoisotopic (exact) mass is 368 g/mol. The molecule has 0 aromatic heterocycles. The number of nitrogens with zero attached hydrogens (tertiary/aromatic N) is 1. The maximum Gasteiger partial charge on any atom is 0.223 e. The van der Waals surface area contributed by atoms with Crippen molar-refractivity contribution >= 4 is 5.91 Å². The third kappa shape index (κ3) is 4.95. The van der Waals surface area contributed by atoms with Crippen LogP contribution in [0.2, 0.25) is 0 Å². The van der Waals surface area contributed by atoms with E-state index in [-0.39, 0.29) is 23.7 Å². The molecule has 1 unspecified atom stereocenters. The Balaban J connectivity index is 1.63. The highest BCUT2D eigenvalue weighted by atomic mass is 19.1. The van der Waals surface area contributed by atoms with Gasteiger partial charge in [-0.05, 0) is 56.5 Å². The average Bonchev–Trinajstić information content (AvgIpc) is 2.69. The first-order valence-electron chi connectivity index (χ1n) is 9.94. The number of hydrogen-bond donors (Lipinski definition) is 1. The fourth-order valence-electron chi connectivity index (χ4n) is 3.66. The van der Waals surface area contributed by atoms with E-state index in [1.165, 1.54) is 6.07 Å². The van der Waals surface area contributed by atoms with E-state index in [9.17, 15) is 9.18 Å². The SMILES string of the molecule is CCC(C)NC(=O)C1CCN(Cc2ccccc2-c2ccccc2F)CC1. The smallest absolute Gasteiger partial charge is 0.223 e. The average molecular weight is 368 g/mol. The van der Waals surface area contributed by atoms with Crippen LogP contribution in [0.4, 0.5) is 4.39 Å². The summed E-state index contributed by atoms with van der Waals surface area (Å²) in [4.78, 5) is 14.7. The van der Waals surface area contributed by atoms with Crippen molar-refractivity contribution in [2.45, 2.75) is 45.7 Å².